The Kier molecular flexibility index (Phi) is 5.72. The molecular weight excluding hydrogens is 154 g/mol. The molecule has 12 heavy (non-hydrogen) atoms. The molecule has 0 aromatic rings. The topological polar surface area (TPSA) is 29.5 Å². The number of hydrogen-bond acceptors (Lipinski definition) is 2. The van der Waals surface area contributed by atoms with Gasteiger partial charge in [-0.2, -0.15) is 0 Å². The van der Waals surface area contributed by atoms with Gasteiger partial charge in [0.2, 0.25) is 5.91 Å². The Morgan fingerprint density at radius 1 is 1.50 bits per heavy atom. The van der Waals surface area contributed by atoms with Gasteiger partial charge in [-0.15, -0.1) is 0 Å². The van der Waals surface area contributed by atoms with Crippen molar-refractivity contribution in [3.63, 3.8) is 0 Å². The van der Waals surface area contributed by atoms with Crippen LogP contribution in [0, 0.1) is 0 Å². The molecule has 1 amide bonds. The van der Waals surface area contributed by atoms with E-state index in [0.717, 1.165) is 6.54 Å². The molecule has 0 N–H and O–H groups in total. The van der Waals surface area contributed by atoms with Gasteiger partial charge in [-0.1, -0.05) is 13.8 Å². The summed E-state index contributed by atoms with van der Waals surface area (Å²) in [5.74, 6) is 0.149. The molecule has 72 valence electrons. The van der Waals surface area contributed by atoms with E-state index < -0.39 is 0 Å². The van der Waals surface area contributed by atoms with Crippen LogP contribution in [0.25, 0.3) is 0 Å². The van der Waals surface area contributed by atoms with Crippen molar-refractivity contribution in [3.8, 4) is 0 Å². The molecule has 1 fully saturated rings. The van der Waals surface area contributed by atoms with E-state index >= 15 is 0 Å². The monoisotopic (exact) mass is 173 g/mol. The van der Waals surface area contributed by atoms with Gasteiger partial charge < -0.3 is 9.64 Å². The van der Waals surface area contributed by atoms with E-state index in [4.69, 9.17) is 4.74 Å². The fourth-order valence-electron chi connectivity index (χ4n) is 1.19. The third-order valence-electron chi connectivity index (χ3n) is 1.77. The van der Waals surface area contributed by atoms with Crippen molar-refractivity contribution in [1.82, 2.24) is 4.90 Å². The van der Waals surface area contributed by atoms with E-state index in [1.165, 1.54) is 0 Å². The fraction of sp³-hybridized carbons (Fsp3) is 0.889. The molecule has 0 saturated carbocycles. The van der Waals surface area contributed by atoms with Crippen LogP contribution in [0.5, 0.6) is 0 Å². The highest BCUT2D eigenvalue weighted by Gasteiger charge is 2.19. The average molecular weight is 173 g/mol. The molecule has 1 atom stereocenters. The molecule has 0 aromatic heterocycles. The molecule has 1 saturated heterocycles. The number of morpholine rings is 1. The normalized spacial score (nSPS) is 22.7. The van der Waals surface area contributed by atoms with Crippen LogP contribution in [0.2, 0.25) is 0 Å². The maximum absolute atomic E-state index is 10.9. The van der Waals surface area contributed by atoms with E-state index in [0.29, 0.717) is 13.2 Å². The van der Waals surface area contributed by atoms with E-state index in [1.54, 1.807) is 6.92 Å². The lowest BCUT2D eigenvalue weighted by Gasteiger charge is -2.32. The molecule has 1 aliphatic rings. The summed E-state index contributed by atoms with van der Waals surface area (Å²) in [6, 6.07) is 0.256. The maximum atomic E-state index is 10.9. The number of ether oxygens (including phenoxy) is 1. The van der Waals surface area contributed by atoms with Gasteiger partial charge >= 0.3 is 0 Å². The average Bonchev–Trinajstić information content (AvgIpc) is 2.08. The van der Waals surface area contributed by atoms with Crippen LogP contribution in [0.15, 0.2) is 0 Å². The minimum absolute atomic E-state index is 0.149. The van der Waals surface area contributed by atoms with Gasteiger partial charge in [-0.3, -0.25) is 4.79 Å². The second kappa shape index (κ2) is 6.00. The quantitative estimate of drug-likeness (QED) is 0.552. The lowest BCUT2D eigenvalue weighted by atomic mass is 10.2. The van der Waals surface area contributed by atoms with Crippen molar-refractivity contribution in [2.75, 3.05) is 19.8 Å². The summed E-state index contributed by atoms with van der Waals surface area (Å²) in [5.41, 5.74) is 0. The minimum atomic E-state index is 0.149. The van der Waals surface area contributed by atoms with Gasteiger partial charge in [0.25, 0.3) is 0 Å². The predicted molar refractivity (Wildman–Crippen MR) is 49.0 cm³/mol. The summed E-state index contributed by atoms with van der Waals surface area (Å²) < 4.78 is 5.17. The van der Waals surface area contributed by atoms with Crippen LogP contribution in [0.4, 0.5) is 0 Å². The molecular formula is C9H19NO2. The minimum Gasteiger partial charge on any atom is -0.377 e. The number of hydrogen-bond donors (Lipinski definition) is 0. The predicted octanol–water partition coefficient (Wildman–Crippen LogP) is 1.28. The lowest BCUT2D eigenvalue weighted by Crippen LogP contribution is -2.46. The fourth-order valence-corrected chi connectivity index (χ4v) is 1.19. The molecule has 0 aromatic carbocycles. The Bertz CT molecular complexity index is 136. The number of nitrogens with zero attached hydrogens (tertiary/aromatic N) is 1. The summed E-state index contributed by atoms with van der Waals surface area (Å²) in [5, 5.41) is 0. The number of carbonyl (C=O) groups excluding carboxylic acids is 1. The Hall–Kier alpha value is -0.570. The van der Waals surface area contributed by atoms with Crippen LogP contribution >= 0.6 is 0 Å². The first-order valence-corrected chi connectivity index (χ1v) is 4.57. The summed E-state index contributed by atoms with van der Waals surface area (Å²) in [6.07, 6.45) is 0. The number of amides is 1. The highest BCUT2D eigenvalue weighted by molar-refractivity contribution is 5.73. The summed E-state index contributed by atoms with van der Waals surface area (Å²) in [6.45, 7) is 9.71. The highest BCUT2D eigenvalue weighted by Crippen LogP contribution is 2.05. The van der Waals surface area contributed by atoms with Crippen LogP contribution < -0.4 is 0 Å². The molecule has 0 aliphatic carbocycles. The zero-order valence-corrected chi connectivity index (χ0v) is 8.46. The second-order valence-electron chi connectivity index (χ2n) is 2.64. The van der Waals surface area contributed by atoms with Crippen molar-refractivity contribution in [2.24, 2.45) is 0 Å². The highest BCUT2D eigenvalue weighted by atomic mass is 16.5. The van der Waals surface area contributed by atoms with E-state index in [9.17, 15) is 4.79 Å². The molecule has 3 heteroatoms. The number of carbonyl (C=O) groups is 1. The molecule has 0 bridgehead atoms. The van der Waals surface area contributed by atoms with Crippen LogP contribution in [0.1, 0.15) is 27.7 Å². The Labute approximate surface area is 74.7 Å². The molecule has 1 rings (SSSR count). The van der Waals surface area contributed by atoms with Gasteiger partial charge in [0.1, 0.15) is 0 Å². The first kappa shape index (κ1) is 11.4. The van der Waals surface area contributed by atoms with Crippen molar-refractivity contribution >= 4 is 5.91 Å². The molecule has 0 radical (unpaired) electrons. The zero-order chi connectivity index (χ0) is 9.56. The summed E-state index contributed by atoms with van der Waals surface area (Å²) in [4.78, 5) is 12.7. The van der Waals surface area contributed by atoms with Crippen molar-refractivity contribution in [3.05, 3.63) is 0 Å². The van der Waals surface area contributed by atoms with E-state index in [-0.39, 0.29) is 11.9 Å². The standard InChI is InChI=1S/C7H13NO2.C2H6/c1-6-5-10-4-3-8(6)7(2)9;1-2/h6H,3-5H2,1-2H3;1-2H3. The Balaban J connectivity index is 0.000000561. The van der Waals surface area contributed by atoms with Crippen molar-refractivity contribution in [2.45, 2.75) is 33.7 Å². The van der Waals surface area contributed by atoms with Crippen LogP contribution in [-0.2, 0) is 9.53 Å². The molecule has 1 heterocycles. The molecule has 1 unspecified atom stereocenters. The van der Waals surface area contributed by atoms with Gasteiger partial charge in [-0.05, 0) is 6.92 Å². The molecule has 3 nitrogen and oxygen atoms in total. The zero-order valence-electron chi connectivity index (χ0n) is 8.46. The summed E-state index contributed by atoms with van der Waals surface area (Å²) >= 11 is 0. The van der Waals surface area contributed by atoms with Crippen LogP contribution in [0.3, 0.4) is 0 Å². The van der Waals surface area contributed by atoms with Crippen molar-refractivity contribution < 1.29 is 9.53 Å². The van der Waals surface area contributed by atoms with E-state index in [2.05, 4.69) is 0 Å². The third kappa shape index (κ3) is 3.22. The summed E-state index contributed by atoms with van der Waals surface area (Å²) in [7, 11) is 0. The van der Waals surface area contributed by atoms with Gasteiger partial charge in [0.05, 0.1) is 19.3 Å². The largest absolute Gasteiger partial charge is 0.377 e. The maximum Gasteiger partial charge on any atom is 0.219 e. The number of rotatable bonds is 0. The van der Waals surface area contributed by atoms with Gasteiger partial charge in [0.15, 0.2) is 0 Å². The van der Waals surface area contributed by atoms with Crippen molar-refractivity contribution in [1.29, 1.82) is 0 Å². The molecule has 0 spiro atoms. The Morgan fingerprint density at radius 2 is 2.08 bits per heavy atom. The van der Waals surface area contributed by atoms with Crippen LogP contribution in [-0.4, -0.2) is 36.6 Å². The van der Waals surface area contributed by atoms with Gasteiger partial charge in [-0.25, -0.2) is 0 Å². The smallest absolute Gasteiger partial charge is 0.219 e. The lowest BCUT2D eigenvalue weighted by molar-refractivity contribution is -0.136. The second-order valence-corrected chi connectivity index (χ2v) is 2.64. The molecule has 1 aliphatic heterocycles. The van der Waals surface area contributed by atoms with Gasteiger partial charge in [0, 0.05) is 13.5 Å². The first-order valence-electron chi connectivity index (χ1n) is 4.57. The Morgan fingerprint density at radius 3 is 2.42 bits per heavy atom. The third-order valence-corrected chi connectivity index (χ3v) is 1.77. The SMILES string of the molecule is CC.CC(=O)N1CCOCC1C. The van der Waals surface area contributed by atoms with E-state index in [1.807, 2.05) is 25.7 Å². The first-order chi connectivity index (χ1) is 5.72.